The first-order valence-corrected chi connectivity index (χ1v) is 7.15. The van der Waals surface area contributed by atoms with Gasteiger partial charge in [0.2, 0.25) is 0 Å². The second kappa shape index (κ2) is 4.76. The molecule has 0 saturated carbocycles. The highest BCUT2D eigenvalue weighted by atomic mass is 16.6. The fourth-order valence-corrected chi connectivity index (χ4v) is 2.67. The molecule has 0 aliphatic carbocycles. The normalized spacial score (nSPS) is 12.2. The Balaban J connectivity index is 2.34. The predicted octanol–water partition coefficient (Wildman–Crippen LogP) is 3.62. The molecule has 0 aliphatic heterocycles. The van der Waals surface area contributed by atoms with E-state index >= 15 is 0 Å². The number of hydrogen-bond acceptors (Lipinski definition) is 4. The van der Waals surface area contributed by atoms with E-state index in [4.69, 9.17) is 4.98 Å². The fourth-order valence-electron chi connectivity index (χ4n) is 2.67. The van der Waals surface area contributed by atoms with Crippen LogP contribution >= 0.6 is 0 Å². The molecular formula is C16H18N4O2. The van der Waals surface area contributed by atoms with Gasteiger partial charge in [-0.15, -0.1) is 0 Å². The van der Waals surface area contributed by atoms with E-state index in [0.29, 0.717) is 0 Å². The first-order chi connectivity index (χ1) is 10.2. The van der Waals surface area contributed by atoms with Gasteiger partial charge < -0.3 is 0 Å². The smallest absolute Gasteiger partial charge is 0.270 e. The predicted molar refractivity (Wildman–Crippen MR) is 85.8 cm³/mol. The molecule has 6 heteroatoms. The SMILES string of the molecule is Cn1cc2c(CC(C)(C)C)nc3ccc([N+](=O)[O-])cc3c2n1. The van der Waals surface area contributed by atoms with Gasteiger partial charge in [0, 0.05) is 36.1 Å². The highest BCUT2D eigenvalue weighted by Crippen LogP contribution is 2.31. The second-order valence-corrected chi connectivity index (χ2v) is 6.82. The lowest BCUT2D eigenvalue weighted by Crippen LogP contribution is -2.11. The van der Waals surface area contributed by atoms with Gasteiger partial charge >= 0.3 is 0 Å². The Morgan fingerprint density at radius 2 is 2.00 bits per heavy atom. The van der Waals surface area contributed by atoms with Gasteiger partial charge in [-0.05, 0) is 17.9 Å². The highest BCUT2D eigenvalue weighted by Gasteiger charge is 2.19. The van der Waals surface area contributed by atoms with Crippen molar-refractivity contribution in [3.63, 3.8) is 0 Å². The number of rotatable bonds is 2. The quantitative estimate of drug-likeness (QED) is 0.535. The molecule has 0 unspecified atom stereocenters. The van der Waals surface area contributed by atoms with Crippen molar-refractivity contribution in [3.8, 4) is 0 Å². The molecule has 0 aliphatic rings. The molecule has 0 N–H and O–H groups in total. The van der Waals surface area contributed by atoms with Crippen LogP contribution in [0.15, 0.2) is 24.4 Å². The number of nitrogens with zero attached hydrogens (tertiary/aromatic N) is 4. The first kappa shape index (κ1) is 14.4. The van der Waals surface area contributed by atoms with Crippen molar-refractivity contribution < 1.29 is 4.92 Å². The van der Waals surface area contributed by atoms with Crippen molar-refractivity contribution in [2.75, 3.05) is 0 Å². The minimum atomic E-state index is -0.392. The van der Waals surface area contributed by atoms with E-state index in [-0.39, 0.29) is 11.1 Å². The largest absolute Gasteiger partial charge is 0.275 e. The van der Waals surface area contributed by atoms with E-state index in [9.17, 15) is 10.1 Å². The molecule has 0 saturated heterocycles. The molecule has 1 aromatic carbocycles. The van der Waals surface area contributed by atoms with Gasteiger partial charge in [0.1, 0.15) is 5.52 Å². The molecule has 0 bridgehead atoms. The zero-order valence-corrected chi connectivity index (χ0v) is 13.1. The lowest BCUT2D eigenvalue weighted by molar-refractivity contribution is -0.384. The molecule has 2 aromatic heterocycles. The third-order valence-corrected chi connectivity index (χ3v) is 3.54. The molecule has 6 nitrogen and oxygen atoms in total. The number of nitro groups is 1. The molecule has 0 radical (unpaired) electrons. The number of non-ortho nitro benzene ring substituents is 1. The van der Waals surface area contributed by atoms with Crippen molar-refractivity contribution in [1.82, 2.24) is 14.8 Å². The Labute approximate surface area is 127 Å². The number of hydrogen-bond donors (Lipinski definition) is 0. The summed E-state index contributed by atoms with van der Waals surface area (Å²) >= 11 is 0. The maximum absolute atomic E-state index is 11.0. The van der Waals surface area contributed by atoms with Gasteiger partial charge in [-0.1, -0.05) is 20.8 Å². The molecule has 3 aromatic rings. The number of pyridine rings is 1. The molecule has 0 fully saturated rings. The maximum Gasteiger partial charge on any atom is 0.270 e. The summed E-state index contributed by atoms with van der Waals surface area (Å²) in [5, 5.41) is 17.2. The van der Waals surface area contributed by atoms with Crippen molar-refractivity contribution >= 4 is 27.5 Å². The van der Waals surface area contributed by atoms with Gasteiger partial charge in [-0.25, -0.2) is 0 Å². The Hall–Kier alpha value is -2.50. The van der Waals surface area contributed by atoms with Crippen LogP contribution in [0.25, 0.3) is 21.8 Å². The van der Waals surface area contributed by atoms with Crippen molar-refractivity contribution in [2.24, 2.45) is 12.5 Å². The average Bonchev–Trinajstić information content (AvgIpc) is 2.79. The lowest BCUT2D eigenvalue weighted by atomic mass is 9.89. The van der Waals surface area contributed by atoms with Crippen LogP contribution in [0, 0.1) is 15.5 Å². The average molecular weight is 298 g/mol. The van der Waals surface area contributed by atoms with E-state index in [2.05, 4.69) is 25.9 Å². The van der Waals surface area contributed by atoms with Gasteiger partial charge in [0.05, 0.1) is 16.1 Å². The zero-order valence-electron chi connectivity index (χ0n) is 13.1. The summed E-state index contributed by atoms with van der Waals surface area (Å²) in [5.41, 5.74) is 2.66. The van der Waals surface area contributed by atoms with Gasteiger partial charge in [0.25, 0.3) is 5.69 Å². The standard InChI is InChI=1S/C16H18N4O2/c1-16(2,3)8-14-12-9-19(4)18-15(12)11-7-10(20(21)22)5-6-13(11)17-14/h5-7,9H,8H2,1-4H3. The Morgan fingerprint density at radius 1 is 1.27 bits per heavy atom. The highest BCUT2D eigenvalue weighted by molar-refractivity contribution is 6.04. The van der Waals surface area contributed by atoms with Crippen LogP contribution in [0.2, 0.25) is 0 Å². The zero-order chi connectivity index (χ0) is 16.1. The van der Waals surface area contributed by atoms with Crippen molar-refractivity contribution in [2.45, 2.75) is 27.2 Å². The molecule has 0 amide bonds. The van der Waals surface area contributed by atoms with Crippen LogP contribution in [0.4, 0.5) is 5.69 Å². The molecule has 2 heterocycles. The van der Waals surface area contributed by atoms with Gasteiger partial charge in [-0.2, -0.15) is 5.10 Å². The number of nitro benzene ring substituents is 1. The number of fused-ring (bicyclic) bond motifs is 3. The summed E-state index contributed by atoms with van der Waals surface area (Å²) in [6, 6.07) is 4.75. The van der Waals surface area contributed by atoms with Crippen LogP contribution in [0.1, 0.15) is 26.5 Å². The minimum Gasteiger partial charge on any atom is -0.275 e. The van der Waals surface area contributed by atoms with E-state index in [1.54, 1.807) is 16.8 Å². The summed E-state index contributed by atoms with van der Waals surface area (Å²) in [5.74, 6) is 0. The molecule has 0 spiro atoms. The first-order valence-electron chi connectivity index (χ1n) is 7.15. The van der Waals surface area contributed by atoms with Gasteiger partial charge in [0.15, 0.2) is 0 Å². The molecule has 3 rings (SSSR count). The summed E-state index contributed by atoms with van der Waals surface area (Å²) < 4.78 is 1.73. The van der Waals surface area contributed by atoms with Crippen LogP contribution < -0.4 is 0 Å². The van der Waals surface area contributed by atoms with E-state index in [1.807, 2.05) is 13.2 Å². The summed E-state index contributed by atoms with van der Waals surface area (Å²) in [6.45, 7) is 6.49. The number of aromatic nitrogens is 3. The summed E-state index contributed by atoms with van der Waals surface area (Å²) in [4.78, 5) is 15.3. The molecule has 22 heavy (non-hydrogen) atoms. The van der Waals surface area contributed by atoms with Gasteiger partial charge in [-0.3, -0.25) is 19.8 Å². The topological polar surface area (TPSA) is 73.8 Å². The molecule has 0 atom stereocenters. The van der Waals surface area contributed by atoms with Crippen LogP contribution in [-0.2, 0) is 13.5 Å². The minimum absolute atomic E-state index is 0.0600. The van der Waals surface area contributed by atoms with Crippen molar-refractivity contribution in [3.05, 3.63) is 40.2 Å². The second-order valence-electron chi connectivity index (χ2n) is 6.82. The Morgan fingerprint density at radius 3 is 2.64 bits per heavy atom. The monoisotopic (exact) mass is 298 g/mol. The van der Waals surface area contributed by atoms with E-state index in [1.165, 1.54) is 6.07 Å². The van der Waals surface area contributed by atoms with E-state index < -0.39 is 4.92 Å². The van der Waals surface area contributed by atoms with Crippen LogP contribution in [0.5, 0.6) is 0 Å². The Bertz CT molecular complexity index is 890. The number of benzene rings is 1. The van der Waals surface area contributed by atoms with Crippen LogP contribution in [-0.4, -0.2) is 19.7 Å². The molecular weight excluding hydrogens is 280 g/mol. The Kier molecular flexibility index (Phi) is 3.12. The third-order valence-electron chi connectivity index (χ3n) is 3.54. The lowest BCUT2D eigenvalue weighted by Gasteiger charge is -2.18. The summed E-state index contributed by atoms with van der Waals surface area (Å²) in [7, 11) is 1.85. The van der Waals surface area contributed by atoms with Crippen LogP contribution in [0.3, 0.4) is 0 Å². The fraction of sp³-hybridized carbons (Fsp3) is 0.375. The van der Waals surface area contributed by atoms with Crippen molar-refractivity contribution in [1.29, 1.82) is 0 Å². The van der Waals surface area contributed by atoms with E-state index in [0.717, 1.165) is 33.9 Å². The molecule has 114 valence electrons. The summed E-state index contributed by atoms with van der Waals surface area (Å²) in [6.07, 6.45) is 2.75. The third kappa shape index (κ3) is 2.52. The number of aryl methyl sites for hydroxylation is 1. The maximum atomic E-state index is 11.0.